The summed E-state index contributed by atoms with van der Waals surface area (Å²) in [6, 6.07) is 10.3. The third kappa shape index (κ3) is 3.90. The minimum Gasteiger partial charge on any atom is -0.484 e. The van der Waals surface area contributed by atoms with E-state index >= 15 is 0 Å². The van der Waals surface area contributed by atoms with Crippen molar-refractivity contribution in [2.45, 2.75) is 30.7 Å². The van der Waals surface area contributed by atoms with E-state index in [1.165, 1.54) is 18.5 Å². The molecule has 0 saturated heterocycles. The Balaban J connectivity index is 1.50. The van der Waals surface area contributed by atoms with Crippen LogP contribution in [-0.2, 0) is 6.61 Å². The van der Waals surface area contributed by atoms with Gasteiger partial charge in [0.1, 0.15) is 22.9 Å². The highest BCUT2D eigenvalue weighted by Gasteiger charge is 2.13. The molecule has 0 aliphatic heterocycles. The molecule has 0 saturated carbocycles. The van der Waals surface area contributed by atoms with Crippen LogP contribution < -0.4 is 4.74 Å². The molecule has 0 atom stereocenters. The van der Waals surface area contributed by atoms with Crippen molar-refractivity contribution < 1.29 is 13.5 Å². The zero-order chi connectivity index (χ0) is 18.8. The fourth-order valence-electron chi connectivity index (χ4n) is 2.51. The van der Waals surface area contributed by atoms with Gasteiger partial charge in [0.25, 0.3) is 11.1 Å². The van der Waals surface area contributed by atoms with Gasteiger partial charge in [-0.2, -0.15) is 0 Å². The number of halogens is 1. The summed E-state index contributed by atoms with van der Waals surface area (Å²) in [6.07, 6.45) is 1.42. The van der Waals surface area contributed by atoms with Crippen LogP contribution in [-0.4, -0.2) is 20.2 Å². The highest BCUT2D eigenvalue weighted by atomic mass is 32.2. The van der Waals surface area contributed by atoms with Gasteiger partial charge in [-0.05, 0) is 61.0 Å². The first kappa shape index (κ1) is 17.4. The summed E-state index contributed by atoms with van der Waals surface area (Å²) in [5.74, 6) is 0.773. The van der Waals surface area contributed by atoms with E-state index in [-0.39, 0.29) is 12.4 Å². The molecule has 0 N–H and O–H groups in total. The van der Waals surface area contributed by atoms with E-state index in [4.69, 9.17) is 9.15 Å². The second-order valence-electron chi connectivity index (χ2n) is 5.96. The topological polar surface area (TPSA) is 73.9 Å². The van der Waals surface area contributed by atoms with Crippen molar-refractivity contribution >= 4 is 22.7 Å². The van der Waals surface area contributed by atoms with E-state index < -0.39 is 0 Å². The van der Waals surface area contributed by atoms with E-state index in [0.717, 1.165) is 28.6 Å². The first-order valence-electron chi connectivity index (χ1n) is 8.19. The van der Waals surface area contributed by atoms with Crippen molar-refractivity contribution in [1.29, 1.82) is 0 Å². The predicted molar refractivity (Wildman–Crippen MR) is 98.2 cm³/mol. The van der Waals surface area contributed by atoms with Crippen molar-refractivity contribution in [2.24, 2.45) is 0 Å². The van der Waals surface area contributed by atoms with Crippen molar-refractivity contribution in [1.82, 2.24) is 20.2 Å². The molecule has 0 amide bonds. The van der Waals surface area contributed by atoms with E-state index in [9.17, 15) is 4.39 Å². The number of rotatable bonds is 5. The van der Waals surface area contributed by atoms with Crippen molar-refractivity contribution in [3.8, 4) is 5.75 Å². The summed E-state index contributed by atoms with van der Waals surface area (Å²) < 4.78 is 24.9. The van der Waals surface area contributed by atoms with Crippen LogP contribution in [0, 0.1) is 19.7 Å². The Morgan fingerprint density at radius 3 is 2.85 bits per heavy atom. The maximum atomic E-state index is 13.5. The smallest absolute Gasteiger partial charge is 0.283 e. The van der Waals surface area contributed by atoms with Crippen LogP contribution in [0.25, 0.3) is 10.9 Å². The van der Waals surface area contributed by atoms with Gasteiger partial charge in [-0.25, -0.2) is 14.4 Å². The molecule has 0 aliphatic carbocycles. The molecular weight excluding hydrogens is 367 g/mol. The highest BCUT2D eigenvalue weighted by Crippen LogP contribution is 2.30. The largest absolute Gasteiger partial charge is 0.484 e. The van der Waals surface area contributed by atoms with E-state index in [2.05, 4.69) is 20.2 Å². The molecular formula is C19H15FN4O2S. The standard InChI is InChI=1S/C19H15FN4O2S/c1-11-3-4-12(2)16(7-11)25-9-17-23-24-19(26-17)27-18-14-8-13(20)5-6-15(14)21-10-22-18/h3-8,10H,9H2,1-2H3. The Morgan fingerprint density at radius 2 is 1.96 bits per heavy atom. The molecule has 0 unspecified atom stereocenters. The third-order valence-electron chi connectivity index (χ3n) is 3.89. The average molecular weight is 382 g/mol. The van der Waals surface area contributed by atoms with Crippen LogP contribution in [0.4, 0.5) is 4.39 Å². The summed E-state index contributed by atoms with van der Waals surface area (Å²) in [6.45, 7) is 4.14. The molecule has 2 heterocycles. The number of nitrogens with zero attached hydrogens (tertiary/aromatic N) is 4. The zero-order valence-corrected chi connectivity index (χ0v) is 15.5. The van der Waals surface area contributed by atoms with Crippen LogP contribution in [0.3, 0.4) is 0 Å². The average Bonchev–Trinajstić information content (AvgIpc) is 3.10. The maximum absolute atomic E-state index is 13.5. The molecule has 136 valence electrons. The van der Waals surface area contributed by atoms with Crippen LogP contribution in [0.1, 0.15) is 17.0 Å². The summed E-state index contributed by atoms with van der Waals surface area (Å²) >= 11 is 1.16. The zero-order valence-electron chi connectivity index (χ0n) is 14.6. The second-order valence-corrected chi connectivity index (χ2v) is 6.90. The Bertz CT molecular complexity index is 1120. The Hall–Kier alpha value is -3.00. The van der Waals surface area contributed by atoms with Crippen LogP contribution >= 0.6 is 11.8 Å². The van der Waals surface area contributed by atoms with Crippen LogP contribution in [0.2, 0.25) is 0 Å². The summed E-state index contributed by atoms with van der Waals surface area (Å²) in [5, 5.41) is 9.44. The molecule has 4 aromatic rings. The lowest BCUT2D eigenvalue weighted by molar-refractivity contribution is 0.250. The number of fused-ring (bicyclic) bond motifs is 1. The Kier molecular flexibility index (Phi) is 4.72. The predicted octanol–water partition coefficient (Wildman–Crippen LogP) is 4.50. The normalized spacial score (nSPS) is 11.1. The van der Waals surface area contributed by atoms with E-state index in [0.29, 0.717) is 27.0 Å². The van der Waals surface area contributed by atoms with Gasteiger partial charge in [0, 0.05) is 5.39 Å². The number of ether oxygens (including phenoxy) is 1. The minimum atomic E-state index is -0.354. The number of hydrogen-bond donors (Lipinski definition) is 0. The van der Waals surface area contributed by atoms with Crippen LogP contribution in [0.15, 0.2) is 57.4 Å². The fourth-order valence-corrected chi connectivity index (χ4v) is 3.27. The summed E-state index contributed by atoms with van der Waals surface area (Å²) in [4.78, 5) is 8.32. The van der Waals surface area contributed by atoms with Gasteiger partial charge >= 0.3 is 0 Å². The first-order chi connectivity index (χ1) is 13.1. The van der Waals surface area contributed by atoms with Gasteiger partial charge in [0.2, 0.25) is 0 Å². The number of hydrogen-bond acceptors (Lipinski definition) is 7. The van der Waals surface area contributed by atoms with Gasteiger partial charge < -0.3 is 9.15 Å². The summed E-state index contributed by atoms with van der Waals surface area (Å²) in [5.41, 5.74) is 2.79. The van der Waals surface area contributed by atoms with E-state index in [1.807, 2.05) is 32.0 Å². The molecule has 2 aromatic heterocycles. The molecule has 0 aliphatic rings. The number of benzene rings is 2. The quantitative estimate of drug-likeness (QED) is 0.471. The van der Waals surface area contributed by atoms with Crippen LogP contribution in [0.5, 0.6) is 5.75 Å². The third-order valence-corrected chi connectivity index (χ3v) is 4.75. The molecule has 8 heteroatoms. The number of aromatic nitrogens is 4. The van der Waals surface area contributed by atoms with Gasteiger partial charge in [-0.15, -0.1) is 10.2 Å². The lowest BCUT2D eigenvalue weighted by atomic mass is 10.1. The van der Waals surface area contributed by atoms with Crippen molar-refractivity contribution in [3.05, 3.63) is 65.6 Å². The highest BCUT2D eigenvalue weighted by molar-refractivity contribution is 7.99. The first-order valence-corrected chi connectivity index (χ1v) is 9.01. The van der Waals surface area contributed by atoms with Gasteiger partial charge in [0.15, 0.2) is 6.61 Å². The lowest BCUT2D eigenvalue weighted by Crippen LogP contribution is -1.97. The molecule has 0 fully saturated rings. The molecule has 4 rings (SSSR count). The van der Waals surface area contributed by atoms with Crippen molar-refractivity contribution in [2.75, 3.05) is 0 Å². The maximum Gasteiger partial charge on any atom is 0.283 e. The molecule has 0 spiro atoms. The van der Waals surface area contributed by atoms with Crippen molar-refractivity contribution in [3.63, 3.8) is 0 Å². The minimum absolute atomic E-state index is 0.164. The molecule has 0 radical (unpaired) electrons. The Morgan fingerprint density at radius 1 is 1.07 bits per heavy atom. The number of aryl methyl sites for hydroxylation is 2. The monoisotopic (exact) mass is 382 g/mol. The Labute approximate surface area is 158 Å². The van der Waals surface area contributed by atoms with Gasteiger partial charge in [-0.1, -0.05) is 12.1 Å². The summed E-state index contributed by atoms with van der Waals surface area (Å²) in [7, 11) is 0. The molecule has 6 nitrogen and oxygen atoms in total. The second kappa shape index (κ2) is 7.32. The lowest BCUT2D eigenvalue weighted by Gasteiger charge is -2.07. The van der Waals surface area contributed by atoms with E-state index in [1.54, 1.807) is 6.07 Å². The van der Waals surface area contributed by atoms with Gasteiger partial charge in [0.05, 0.1) is 5.52 Å². The molecule has 2 aromatic carbocycles. The van der Waals surface area contributed by atoms with Gasteiger partial charge in [-0.3, -0.25) is 0 Å². The SMILES string of the molecule is Cc1ccc(C)c(OCc2nnc(Sc3ncnc4ccc(F)cc34)o2)c1. The fraction of sp³-hybridized carbons (Fsp3) is 0.158. The molecule has 0 bridgehead atoms. The molecule has 27 heavy (non-hydrogen) atoms.